The second kappa shape index (κ2) is 9.53. The normalized spacial score (nSPS) is 12.0. The molecule has 0 saturated carbocycles. The van der Waals surface area contributed by atoms with Gasteiger partial charge in [-0.25, -0.2) is 4.68 Å². The van der Waals surface area contributed by atoms with Gasteiger partial charge in [0, 0.05) is 29.6 Å². The van der Waals surface area contributed by atoms with Gasteiger partial charge >= 0.3 is 5.97 Å². The van der Waals surface area contributed by atoms with E-state index in [0.717, 1.165) is 16.0 Å². The van der Waals surface area contributed by atoms with E-state index in [-0.39, 0.29) is 12.1 Å². The van der Waals surface area contributed by atoms with Gasteiger partial charge in [-0.3, -0.25) is 14.6 Å². The van der Waals surface area contributed by atoms with Gasteiger partial charge in [-0.05, 0) is 47.9 Å². The number of hydrogen-bond donors (Lipinski definition) is 1. The zero-order chi connectivity index (χ0) is 21.6. The predicted octanol–water partition coefficient (Wildman–Crippen LogP) is 3.74. The summed E-state index contributed by atoms with van der Waals surface area (Å²) in [7, 11) is 0. The number of carboxylic acid groups (broad SMARTS) is 1. The smallest absolute Gasteiger partial charge is 0.307 e. The van der Waals surface area contributed by atoms with Gasteiger partial charge in [-0.15, -0.1) is 16.9 Å². The third kappa shape index (κ3) is 4.97. The summed E-state index contributed by atoms with van der Waals surface area (Å²) in [5, 5.41) is 18.1. The van der Waals surface area contributed by atoms with Gasteiger partial charge < -0.3 is 5.11 Å². The third-order valence-electron chi connectivity index (χ3n) is 4.97. The summed E-state index contributed by atoms with van der Waals surface area (Å²) in [6.07, 6.45) is 3.83. The first-order valence-electron chi connectivity index (χ1n) is 9.80. The number of fused-ring (bicyclic) bond motifs is 1. The second-order valence-electron chi connectivity index (χ2n) is 7.04. The van der Waals surface area contributed by atoms with Crippen LogP contribution in [-0.2, 0) is 11.3 Å². The minimum absolute atomic E-state index is 0.203. The number of carbonyl (C=O) groups is 1. The fourth-order valence-corrected chi connectivity index (χ4v) is 4.23. The SMILES string of the molecule is O=C(O)C(CCn1nnc2ccccc2c1=O)CSc1ccc(-c2cccnc2)cc1. The molecule has 1 unspecified atom stereocenters. The molecule has 2 aromatic carbocycles. The highest BCUT2D eigenvalue weighted by Crippen LogP contribution is 2.26. The first kappa shape index (κ1) is 20.7. The van der Waals surface area contributed by atoms with Crippen LogP contribution in [0.4, 0.5) is 0 Å². The first-order chi connectivity index (χ1) is 15.1. The molecule has 0 aliphatic rings. The van der Waals surface area contributed by atoms with Crippen molar-refractivity contribution in [3.05, 3.63) is 83.4 Å². The average Bonchev–Trinajstić information content (AvgIpc) is 2.81. The van der Waals surface area contributed by atoms with Crippen LogP contribution in [0.3, 0.4) is 0 Å². The molecular weight excluding hydrogens is 412 g/mol. The Hall–Kier alpha value is -3.52. The molecule has 4 rings (SSSR count). The summed E-state index contributed by atoms with van der Waals surface area (Å²) >= 11 is 1.48. The number of rotatable bonds is 8. The van der Waals surface area contributed by atoms with Crippen LogP contribution < -0.4 is 5.56 Å². The molecule has 0 bridgehead atoms. The van der Waals surface area contributed by atoms with Gasteiger partial charge in [-0.1, -0.05) is 35.5 Å². The summed E-state index contributed by atoms with van der Waals surface area (Å²) in [6.45, 7) is 0.203. The highest BCUT2D eigenvalue weighted by atomic mass is 32.2. The molecule has 1 atom stereocenters. The lowest BCUT2D eigenvalue weighted by atomic mass is 10.1. The molecule has 156 valence electrons. The maximum Gasteiger partial charge on any atom is 0.307 e. The van der Waals surface area contributed by atoms with Crippen LogP contribution in [0.2, 0.25) is 0 Å². The lowest BCUT2D eigenvalue weighted by molar-refractivity contribution is -0.141. The second-order valence-corrected chi connectivity index (χ2v) is 8.13. The van der Waals surface area contributed by atoms with Crippen LogP contribution in [-0.4, -0.2) is 36.8 Å². The number of hydrogen-bond acceptors (Lipinski definition) is 6. The van der Waals surface area contributed by atoms with E-state index in [1.807, 2.05) is 36.4 Å². The highest BCUT2D eigenvalue weighted by molar-refractivity contribution is 7.99. The van der Waals surface area contributed by atoms with Crippen LogP contribution in [0.1, 0.15) is 6.42 Å². The number of carboxylic acids is 1. The van der Waals surface area contributed by atoms with E-state index in [1.54, 1.807) is 36.7 Å². The van der Waals surface area contributed by atoms with E-state index in [4.69, 9.17) is 0 Å². The van der Waals surface area contributed by atoms with Gasteiger partial charge in [0.2, 0.25) is 0 Å². The molecule has 1 N–H and O–H groups in total. The predicted molar refractivity (Wildman–Crippen MR) is 120 cm³/mol. The summed E-state index contributed by atoms with van der Waals surface area (Å²) in [5.41, 5.74) is 2.36. The van der Waals surface area contributed by atoms with E-state index in [9.17, 15) is 14.7 Å². The molecule has 2 heterocycles. The van der Waals surface area contributed by atoms with E-state index in [2.05, 4.69) is 15.3 Å². The van der Waals surface area contributed by atoms with E-state index < -0.39 is 11.9 Å². The summed E-state index contributed by atoms with van der Waals surface area (Å²) in [6, 6.07) is 18.8. The molecule has 0 spiro atoms. The zero-order valence-corrected chi connectivity index (χ0v) is 17.4. The van der Waals surface area contributed by atoms with Crippen molar-refractivity contribution in [2.75, 3.05) is 5.75 Å². The zero-order valence-electron chi connectivity index (χ0n) is 16.6. The summed E-state index contributed by atoms with van der Waals surface area (Å²) in [5.74, 6) is -1.10. The van der Waals surface area contributed by atoms with E-state index >= 15 is 0 Å². The Morgan fingerprint density at radius 2 is 1.84 bits per heavy atom. The fourth-order valence-electron chi connectivity index (χ4n) is 3.20. The van der Waals surface area contributed by atoms with Gasteiger partial charge in [0.1, 0.15) is 5.52 Å². The summed E-state index contributed by atoms with van der Waals surface area (Å²) < 4.78 is 1.24. The fraction of sp³-hybridized carbons (Fsp3) is 0.174. The molecule has 7 nitrogen and oxygen atoms in total. The number of aliphatic carboxylic acids is 1. The van der Waals surface area contributed by atoms with Crippen molar-refractivity contribution < 1.29 is 9.90 Å². The number of aromatic nitrogens is 4. The van der Waals surface area contributed by atoms with Crippen molar-refractivity contribution in [3.8, 4) is 11.1 Å². The molecular formula is C23H20N4O3S. The number of aryl methyl sites for hydroxylation is 1. The minimum Gasteiger partial charge on any atom is -0.481 e. The topological polar surface area (TPSA) is 98.0 Å². The number of pyridine rings is 1. The van der Waals surface area contributed by atoms with E-state index in [0.29, 0.717) is 23.1 Å². The highest BCUT2D eigenvalue weighted by Gasteiger charge is 2.19. The Morgan fingerprint density at radius 1 is 1.03 bits per heavy atom. The molecule has 4 aromatic rings. The van der Waals surface area contributed by atoms with Gasteiger partial charge in [0.25, 0.3) is 5.56 Å². The number of thioether (sulfide) groups is 1. The average molecular weight is 433 g/mol. The molecule has 31 heavy (non-hydrogen) atoms. The molecule has 8 heteroatoms. The van der Waals surface area contributed by atoms with Crippen LogP contribution in [0.5, 0.6) is 0 Å². The van der Waals surface area contributed by atoms with Crippen molar-refractivity contribution in [2.24, 2.45) is 5.92 Å². The lowest BCUT2D eigenvalue weighted by Crippen LogP contribution is -2.27. The summed E-state index contributed by atoms with van der Waals surface area (Å²) in [4.78, 5) is 29.4. The third-order valence-corrected chi connectivity index (χ3v) is 6.14. The van der Waals surface area contributed by atoms with Crippen LogP contribution in [0, 0.1) is 5.92 Å². The van der Waals surface area contributed by atoms with E-state index in [1.165, 1.54) is 16.4 Å². The largest absolute Gasteiger partial charge is 0.481 e. The van der Waals surface area contributed by atoms with Crippen molar-refractivity contribution in [3.63, 3.8) is 0 Å². The quantitative estimate of drug-likeness (QED) is 0.424. The maximum atomic E-state index is 12.5. The molecule has 0 fully saturated rings. The molecule has 0 radical (unpaired) electrons. The molecule has 0 amide bonds. The Morgan fingerprint density at radius 3 is 2.58 bits per heavy atom. The van der Waals surface area contributed by atoms with Gasteiger partial charge in [0.15, 0.2) is 0 Å². The minimum atomic E-state index is -0.888. The van der Waals surface area contributed by atoms with Crippen LogP contribution in [0.15, 0.2) is 82.7 Å². The van der Waals surface area contributed by atoms with Gasteiger partial charge in [-0.2, -0.15) is 0 Å². The van der Waals surface area contributed by atoms with Crippen molar-refractivity contribution in [2.45, 2.75) is 17.9 Å². The molecule has 0 aliphatic carbocycles. The number of benzene rings is 2. The standard InChI is InChI=1S/C23H20N4O3S/c28-22-20-5-1-2-6-21(20)25-26-27(22)13-11-18(23(29)30)15-31-19-9-7-16(8-10-19)17-4-3-12-24-14-17/h1-10,12,14,18H,11,13,15H2,(H,29,30). The Kier molecular flexibility index (Phi) is 6.37. The Bertz CT molecular complexity index is 1240. The maximum absolute atomic E-state index is 12.5. The Balaban J connectivity index is 1.39. The first-order valence-corrected chi connectivity index (χ1v) is 10.8. The van der Waals surface area contributed by atoms with Crippen molar-refractivity contribution >= 4 is 28.6 Å². The monoisotopic (exact) mass is 432 g/mol. The van der Waals surface area contributed by atoms with Crippen molar-refractivity contribution in [1.29, 1.82) is 0 Å². The van der Waals surface area contributed by atoms with Crippen LogP contribution in [0.25, 0.3) is 22.0 Å². The molecule has 0 aliphatic heterocycles. The number of nitrogens with zero attached hydrogens (tertiary/aromatic N) is 4. The van der Waals surface area contributed by atoms with Crippen LogP contribution >= 0.6 is 11.8 Å². The molecule has 0 saturated heterocycles. The van der Waals surface area contributed by atoms with Crippen molar-refractivity contribution in [1.82, 2.24) is 20.0 Å². The van der Waals surface area contributed by atoms with Gasteiger partial charge in [0.05, 0.1) is 11.3 Å². The molecule has 2 aromatic heterocycles. The Labute approximate surface area is 182 Å². The lowest BCUT2D eigenvalue weighted by Gasteiger charge is -2.13.